The highest BCUT2D eigenvalue weighted by molar-refractivity contribution is 5.38. The minimum absolute atomic E-state index is 0.324. The molecule has 0 atom stereocenters. The molecule has 0 spiro atoms. The molecule has 0 fully saturated rings. The minimum Gasteiger partial charge on any atom is -0.366 e. The molecule has 0 aliphatic rings. The number of hydrogen-bond acceptors (Lipinski definition) is 3. The highest BCUT2D eigenvalue weighted by Gasteiger charge is 2.03. The van der Waals surface area contributed by atoms with E-state index in [0.717, 1.165) is 5.56 Å². The fourth-order valence-corrected chi connectivity index (χ4v) is 1.52. The van der Waals surface area contributed by atoms with Crippen molar-refractivity contribution in [2.75, 3.05) is 5.32 Å². The van der Waals surface area contributed by atoms with Crippen molar-refractivity contribution in [3.05, 3.63) is 59.0 Å². The third kappa shape index (κ3) is 2.83. The van der Waals surface area contributed by atoms with Crippen molar-refractivity contribution in [2.24, 2.45) is 0 Å². The van der Waals surface area contributed by atoms with Crippen LogP contribution < -0.4 is 5.32 Å². The summed E-state index contributed by atoms with van der Waals surface area (Å²) in [7, 11) is 0. The molecule has 0 bridgehead atoms. The highest BCUT2D eigenvalue weighted by atomic mass is 19.1. The fraction of sp³-hybridized carbons (Fsp3) is 0.143. The lowest BCUT2D eigenvalue weighted by atomic mass is 10.1. The largest absolute Gasteiger partial charge is 0.366 e. The Morgan fingerprint density at radius 3 is 2.78 bits per heavy atom. The molecule has 3 nitrogen and oxygen atoms in total. The van der Waals surface area contributed by atoms with Crippen LogP contribution in [0.5, 0.6) is 0 Å². The molecular formula is C14H12FN3. The van der Waals surface area contributed by atoms with Crippen molar-refractivity contribution in [1.29, 1.82) is 5.26 Å². The number of rotatable bonds is 3. The highest BCUT2D eigenvalue weighted by Crippen LogP contribution is 2.12. The molecule has 0 saturated carbocycles. The third-order valence-corrected chi connectivity index (χ3v) is 2.55. The molecule has 2 rings (SSSR count). The van der Waals surface area contributed by atoms with Gasteiger partial charge in [-0.25, -0.2) is 9.37 Å². The molecule has 0 unspecified atom stereocenters. The van der Waals surface area contributed by atoms with Gasteiger partial charge in [-0.2, -0.15) is 5.26 Å². The Bertz CT molecular complexity index is 585. The number of halogens is 1. The van der Waals surface area contributed by atoms with Gasteiger partial charge in [0.05, 0.1) is 11.6 Å². The number of benzene rings is 1. The molecule has 0 saturated heterocycles. The van der Waals surface area contributed by atoms with Gasteiger partial charge in [0.25, 0.3) is 0 Å². The van der Waals surface area contributed by atoms with Crippen LogP contribution in [0.2, 0.25) is 0 Å². The van der Waals surface area contributed by atoms with Gasteiger partial charge in [-0.15, -0.1) is 0 Å². The molecule has 1 aromatic heterocycles. The first kappa shape index (κ1) is 12.1. The van der Waals surface area contributed by atoms with E-state index < -0.39 is 0 Å². The number of nitriles is 1. The summed E-state index contributed by atoms with van der Waals surface area (Å²) in [5, 5.41) is 11.7. The lowest BCUT2D eigenvalue weighted by Crippen LogP contribution is -2.03. The van der Waals surface area contributed by atoms with E-state index in [2.05, 4.69) is 10.3 Å². The normalized spacial score (nSPS) is 9.83. The van der Waals surface area contributed by atoms with Crippen LogP contribution in [0.1, 0.15) is 16.7 Å². The number of anilines is 1. The maximum absolute atomic E-state index is 13.6. The first-order valence-electron chi connectivity index (χ1n) is 5.54. The lowest BCUT2D eigenvalue weighted by Gasteiger charge is -2.07. The number of nitrogens with one attached hydrogen (secondary N) is 1. The summed E-state index contributed by atoms with van der Waals surface area (Å²) in [6, 6.07) is 10.1. The number of nitrogens with zero attached hydrogens (tertiary/aromatic N) is 2. The Labute approximate surface area is 105 Å². The van der Waals surface area contributed by atoms with Crippen LogP contribution in [0, 0.1) is 24.1 Å². The summed E-state index contributed by atoms with van der Waals surface area (Å²) in [6.45, 7) is 2.30. The number of aromatic nitrogens is 1. The van der Waals surface area contributed by atoms with Crippen molar-refractivity contribution in [1.82, 2.24) is 4.98 Å². The Morgan fingerprint density at radius 2 is 2.17 bits per heavy atom. The second kappa shape index (κ2) is 5.28. The van der Waals surface area contributed by atoms with Crippen molar-refractivity contribution in [2.45, 2.75) is 13.5 Å². The van der Waals surface area contributed by atoms with Crippen LogP contribution in [0.4, 0.5) is 10.2 Å². The van der Waals surface area contributed by atoms with E-state index in [-0.39, 0.29) is 5.82 Å². The molecule has 1 aromatic carbocycles. The molecule has 0 aliphatic heterocycles. The van der Waals surface area contributed by atoms with Crippen LogP contribution in [0.3, 0.4) is 0 Å². The van der Waals surface area contributed by atoms with E-state index in [1.54, 1.807) is 18.3 Å². The summed E-state index contributed by atoms with van der Waals surface area (Å²) in [6.07, 6.45) is 1.75. The Balaban J connectivity index is 2.06. The maximum Gasteiger partial charge on any atom is 0.129 e. The zero-order valence-corrected chi connectivity index (χ0v) is 9.94. The molecular weight excluding hydrogens is 229 g/mol. The number of aryl methyl sites for hydroxylation is 1. The Kier molecular flexibility index (Phi) is 3.54. The first-order chi connectivity index (χ1) is 8.69. The number of pyridine rings is 1. The fourth-order valence-electron chi connectivity index (χ4n) is 1.52. The van der Waals surface area contributed by atoms with Gasteiger partial charge in [-0.05, 0) is 30.7 Å². The zero-order valence-electron chi connectivity index (χ0n) is 9.94. The van der Waals surface area contributed by atoms with E-state index >= 15 is 0 Å². The van der Waals surface area contributed by atoms with Crippen LogP contribution in [-0.4, -0.2) is 4.98 Å². The molecule has 2 aromatic rings. The quantitative estimate of drug-likeness (QED) is 0.898. The second-order valence-electron chi connectivity index (χ2n) is 3.99. The molecule has 0 aliphatic carbocycles. The van der Waals surface area contributed by atoms with Gasteiger partial charge in [0, 0.05) is 18.3 Å². The minimum atomic E-state index is -0.381. The van der Waals surface area contributed by atoms with E-state index in [1.807, 2.05) is 25.1 Å². The van der Waals surface area contributed by atoms with Gasteiger partial charge in [-0.3, -0.25) is 0 Å². The summed E-state index contributed by atoms with van der Waals surface area (Å²) >= 11 is 0. The smallest absolute Gasteiger partial charge is 0.129 e. The van der Waals surface area contributed by atoms with Gasteiger partial charge < -0.3 is 5.32 Å². The zero-order chi connectivity index (χ0) is 13.0. The van der Waals surface area contributed by atoms with E-state index in [9.17, 15) is 4.39 Å². The van der Waals surface area contributed by atoms with E-state index in [1.165, 1.54) is 6.07 Å². The van der Waals surface area contributed by atoms with E-state index in [0.29, 0.717) is 23.5 Å². The van der Waals surface area contributed by atoms with Crippen LogP contribution >= 0.6 is 0 Å². The van der Waals surface area contributed by atoms with Gasteiger partial charge in [0.15, 0.2) is 0 Å². The second-order valence-corrected chi connectivity index (χ2v) is 3.99. The summed E-state index contributed by atoms with van der Waals surface area (Å²) in [5.41, 5.74) is 1.91. The molecule has 1 heterocycles. The van der Waals surface area contributed by atoms with Crippen LogP contribution in [-0.2, 0) is 6.54 Å². The summed E-state index contributed by atoms with van der Waals surface area (Å²) < 4.78 is 13.6. The predicted molar refractivity (Wildman–Crippen MR) is 67.4 cm³/mol. The first-order valence-corrected chi connectivity index (χ1v) is 5.54. The van der Waals surface area contributed by atoms with Crippen molar-refractivity contribution < 1.29 is 4.39 Å². The van der Waals surface area contributed by atoms with Crippen LogP contribution in [0.15, 0.2) is 36.5 Å². The molecule has 1 N–H and O–H groups in total. The molecule has 90 valence electrons. The van der Waals surface area contributed by atoms with Crippen LogP contribution in [0.25, 0.3) is 0 Å². The number of hydrogen-bond donors (Lipinski definition) is 1. The molecule has 0 amide bonds. The standard InChI is InChI=1S/C14H12FN3/c1-10-2-5-14(17-8-10)18-9-12-4-3-11(7-16)6-13(12)15/h2-6,8H,9H2,1H3,(H,17,18). The van der Waals surface area contributed by atoms with Gasteiger partial charge in [0.2, 0.25) is 0 Å². The predicted octanol–water partition coefficient (Wildman–Crippen LogP) is 3.01. The third-order valence-electron chi connectivity index (χ3n) is 2.55. The Hall–Kier alpha value is -2.41. The monoisotopic (exact) mass is 241 g/mol. The van der Waals surface area contributed by atoms with Crippen molar-refractivity contribution >= 4 is 5.82 Å². The summed E-state index contributed by atoms with van der Waals surface area (Å²) in [5.74, 6) is 0.318. The molecule has 4 heteroatoms. The average Bonchev–Trinajstić information content (AvgIpc) is 2.39. The lowest BCUT2D eigenvalue weighted by molar-refractivity contribution is 0.612. The van der Waals surface area contributed by atoms with Crippen molar-refractivity contribution in [3.63, 3.8) is 0 Å². The maximum atomic E-state index is 13.6. The average molecular weight is 241 g/mol. The summed E-state index contributed by atoms with van der Waals surface area (Å²) in [4.78, 5) is 4.17. The van der Waals surface area contributed by atoms with Gasteiger partial charge in [-0.1, -0.05) is 12.1 Å². The van der Waals surface area contributed by atoms with E-state index in [4.69, 9.17) is 5.26 Å². The topological polar surface area (TPSA) is 48.7 Å². The van der Waals surface area contributed by atoms with Gasteiger partial charge >= 0.3 is 0 Å². The van der Waals surface area contributed by atoms with Crippen molar-refractivity contribution in [3.8, 4) is 6.07 Å². The molecule has 0 radical (unpaired) electrons. The molecule has 18 heavy (non-hydrogen) atoms. The Morgan fingerprint density at radius 1 is 1.33 bits per heavy atom. The SMILES string of the molecule is Cc1ccc(NCc2ccc(C#N)cc2F)nc1. The van der Waals surface area contributed by atoms with Gasteiger partial charge in [0.1, 0.15) is 11.6 Å².